The fourth-order valence-corrected chi connectivity index (χ4v) is 1.45. The number of nitrogens with two attached hydrogens (primary N) is 1. The Bertz CT molecular complexity index is 369. The molecule has 0 spiro atoms. The molecule has 0 aliphatic rings. The second-order valence-electron chi connectivity index (χ2n) is 3.50. The van der Waals surface area contributed by atoms with Gasteiger partial charge in [0, 0.05) is 18.0 Å². The van der Waals surface area contributed by atoms with Crippen molar-refractivity contribution in [3.05, 3.63) is 34.9 Å². The Labute approximate surface area is 95.8 Å². The van der Waals surface area contributed by atoms with Crippen molar-refractivity contribution in [2.24, 2.45) is 5.73 Å². The lowest BCUT2D eigenvalue weighted by atomic mass is 9.94. The Balaban J connectivity index is 2.99. The summed E-state index contributed by atoms with van der Waals surface area (Å²) in [6.45, 7) is -0.901. The largest absolute Gasteiger partial charge is 0.418 e. The van der Waals surface area contributed by atoms with Gasteiger partial charge in [-0.05, 0) is 11.6 Å². The summed E-state index contributed by atoms with van der Waals surface area (Å²) in [5.41, 5.74) is 2.26. The molecule has 0 aliphatic carbocycles. The van der Waals surface area contributed by atoms with Crippen molar-refractivity contribution in [1.29, 1.82) is 0 Å². The molecule has 3 N–H and O–H groups in total. The van der Waals surface area contributed by atoms with Gasteiger partial charge in [-0.1, -0.05) is 29.8 Å². The smallest absolute Gasteiger partial charge is 0.379 e. The van der Waals surface area contributed by atoms with E-state index in [4.69, 9.17) is 17.3 Å². The molecule has 0 heterocycles. The summed E-state index contributed by atoms with van der Waals surface area (Å²) < 4.78 is 37.6. The molecule has 6 heteroatoms. The SMILES string of the molecule is NCC(O)(Cc1ccccc1Cl)C(F)(F)F. The molecule has 90 valence electrons. The van der Waals surface area contributed by atoms with Crippen LogP contribution in [0, 0.1) is 0 Å². The van der Waals surface area contributed by atoms with Crippen LogP contribution in [-0.4, -0.2) is 23.4 Å². The van der Waals surface area contributed by atoms with Crippen LogP contribution in [0.25, 0.3) is 0 Å². The standard InChI is InChI=1S/C10H11ClF3NO/c11-8-4-2-1-3-7(8)5-9(16,6-15)10(12,13)14/h1-4,16H,5-6,15H2. The summed E-state index contributed by atoms with van der Waals surface area (Å²) in [5.74, 6) is 0. The zero-order valence-electron chi connectivity index (χ0n) is 8.26. The molecule has 1 aromatic carbocycles. The highest BCUT2D eigenvalue weighted by atomic mass is 35.5. The third kappa shape index (κ3) is 2.66. The van der Waals surface area contributed by atoms with E-state index in [9.17, 15) is 18.3 Å². The highest BCUT2D eigenvalue weighted by molar-refractivity contribution is 6.31. The van der Waals surface area contributed by atoms with Gasteiger partial charge in [0.05, 0.1) is 0 Å². The molecular formula is C10H11ClF3NO. The van der Waals surface area contributed by atoms with Crippen LogP contribution in [0.5, 0.6) is 0 Å². The highest BCUT2D eigenvalue weighted by Gasteiger charge is 2.52. The molecule has 0 saturated heterocycles. The molecule has 0 amide bonds. The van der Waals surface area contributed by atoms with Crippen molar-refractivity contribution >= 4 is 11.6 Å². The number of alkyl halides is 3. The average molecular weight is 254 g/mol. The van der Waals surface area contributed by atoms with E-state index >= 15 is 0 Å². The van der Waals surface area contributed by atoms with Gasteiger partial charge in [0.15, 0.2) is 5.60 Å². The number of benzene rings is 1. The molecule has 1 atom stereocenters. The van der Waals surface area contributed by atoms with Gasteiger partial charge in [-0.25, -0.2) is 0 Å². The van der Waals surface area contributed by atoms with Crippen LogP contribution in [0.1, 0.15) is 5.56 Å². The van der Waals surface area contributed by atoms with Crippen LogP contribution < -0.4 is 5.73 Å². The second kappa shape index (κ2) is 4.61. The maximum Gasteiger partial charge on any atom is 0.418 e. The lowest BCUT2D eigenvalue weighted by molar-refractivity contribution is -0.255. The first-order valence-corrected chi connectivity index (χ1v) is 4.90. The van der Waals surface area contributed by atoms with E-state index in [1.54, 1.807) is 12.1 Å². The van der Waals surface area contributed by atoms with Gasteiger partial charge in [-0.2, -0.15) is 13.2 Å². The van der Waals surface area contributed by atoms with E-state index < -0.39 is 24.7 Å². The van der Waals surface area contributed by atoms with Gasteiger partial charge in [0.2, 0.25) is 0 Å². The minimum Gasteiger partial charge on any atom is -0.379 e. The molecule has 0 aromatic heterocycles. The molecule has 1 unspecified atom stereocenters. The predicted molar refractivity (Wildman–Crippen MR) is 55.2 cm³/mol. The molecule has 1 aromatic rings. The summed E-state index contributed by atoms with van der Waals surface area (Å²) in [7, 11) is 0. The Morgan fingerprint density at radius 3 is 2.25 bits per heavy atom. The minimum absolute atomic E-state index is 0.179. The van der Waals surface area contributed by atoms with Gasteiger partial charge in [0.1, 0.15) is 0 Å². The fraction of sp³-hybridized carbons (Fsp3) is 0.400. The van der Waals surface area contributed by atoms with Crippen molar-refractivity contribution in [1.82, 2.24) is 0 Å². The van der Waals surface area contributed by atoms with Gasteiger partial charge < -0.3 is 10.8 Å². The van der Waals surface area contributed by atoms with Crippen LogP contribution in [0.15, 0.2) is 24.3 Å². The van der Waals surface area contributed by atoms with Crippen LogP contribution >= 0.6 is 11.6 Å². The Hall–Kier alpha value is -0.780. The maximum absolute atomic E-state index is 12.5. The van der Waals surface area contributed by atoms with Crippen LogP contribution in [-0.2, 0) is 6.42 Å². The molecule has 0 radical (unpaired) electrons. The molecule has 16 heavy (non-hydrogen) atoms. The average Bonchev–Trinajstić information content (AvgIpc) is 2.19. The van der Waals surface area contributed by atoms with Crippen molar-refractivity contribution < 1.29 is 18.3 Å². The van der Waals surface area contributed by atoms with E-state index in [2.05, 4.69) is 0 Å². The first-order valence-electron chi connectivity index (χ1n) is 4.53. The summed E-state index contributed by atoms with van der Waals surface area (Å²) in [6, 6.07) is 6.04. The van der Waals surface area contributed by atoms with Crippen molar-refractivity contribution in [2.45, 2.75) is 18.2 Å². The molecule has 0 fully saturated rings. The quantitative estimate of drug-likeness (QED) is 0.867. The van der Waals surface area contributed by atoms with Crippen LogP contribution in [0.4, 0.5) is 13.2 Å². The van der Waals surface area contributed by atoms with E-state index in [1.807, 2.05) is 0 Å². The summed E-state index contributed by atoms with van der Waals surface area (Å²) in [6.07, 6.45) is -5.42. The molecule has 0 saturated carbocycles. The van der Waals surface area contributed by atoms with Crippen molar-refractivity contribution in [3.8, 4) is 0 Å². The third-order valence-corrected chi connectivity index (χ3v) is 2.67. The number of aliphatic hydroxyl groups is 1. The first kappa shape index (κ1) is 13.3. The van der Waals surface area contributed by atoms with E-state index in [1.165, 1.54) is 12.1 Å². The van der Waals surface area contributed by atoms with Gasteiger partial charge in [0.25, 0.3) is 0 Å². The van der Waals surface area contributed by atoms with Gasteiger partial charge in [-0.15, -0.1) is 0 Å². The topological polar surface area (TPSA) is 46.2 Å². The van der Waals surface area contributed by atoms with Gasteiger partial charge in [-0.3, -0.25) is 0 Å². The number of rotatable bonds is 3. The third-order valence-electron chi connectivity index (χ3n) is 2.31. The molecule has 0 aliphatic heterocycles. The number of hydrogen-bond donors (Lipinski definition) is 2. The Kier molecular flexibility index (Phi) is 3.83. The molecule has 0 bridgehead atoms. The molecule has 2 nitrogen and oxygen atoms in total. The highest BCUT2D eigenvalue weighted by Crippen LogP contribution is 2.33. The van der Waals surface area contributed by atoms with Gasteiger partial charge >= 0.3 is 6.18 Å². The first-order chi connectivity index (χ1) is 7.30. The normalized spacial score (nSPS) is 15.9. The number of halogens is 4. The van der Waals surface area contributed by atoms with Crippen molar-refractivity contribution in [3.63, 3.8) is 0 Å². The fourth-order valence-electron chi connectivity index (χ4n) is 1.24. The van der Waals surface area contributed by atoms with E-state index in [0.29, 0.717) is 0 Å². The van der Waals surface area contributed by atoms with E-state index in [0.717, 1.165) is 0 Å². The second-order valence-corrected chi connectivity index (χ2v) is 3.91. The Morgan fingerprint density at radius 1 is 1.25 bits per heavy atom. The summed E-state index contributed by atoms with van der Waals surface area (Å²) >= 11 is 5.72. The molecular weight excluding hydrogens is 243 g/mol. The zero-order valence-corrected chi connectivity index (χ0v) is 9.02. The predicted octanol–water partition coefficient (Wildman–Crippen LogP) is 2.13. The summed E-state index contributed by atoms with van der Waals surface area (Å²) in [5, 5.41) is 9.61. The molecule has 1 rings (SSSR count). The zero-order chi connectivity index (χ0) is 12.4. The lowest BCUT2D eigenvalue weighted by Crippen LogP contribution is -2.52. The lowest BCUT2D eigenvalue weighted by Gasteiger charge is -2.29. The minimum atomic E-state index is -4.78. The van der Waals surface area contributed by atoms with Crippen LogP contribution in [0.3, 0.4) is 0 Å². The maximum atomic E-state index is 12.5. The van der Waals surface area contributed by atoms with Crippen molar-refractivity contribution in [2.75, 3.05) is 6.54 Å². The van der Waals surface area contributed by atoms with E-state index in [-0.39, 0.29) is 10.6 Å². The summed E-state index contributed by atoms with van der Waals surface area (Å²) in [4.78, 5) is 0. The van der Waals surface area contributed by atoms with Crippen LogP contribution in [0.2, 0.25) is 5.02 Å². The Morgan fingerprint density at radius 2 is 1.81 bits per heavy atom. The monoisotopic (exact) mass is 253 g/mol. The number of hydrogen-bond acceptors (Lipinski definition) is 2.